The number of hydrogen-bond donors (Lipinski definition) is 1. The van der Waals surface area contributed by atoms with Crippen molar-refractivity contribution in [2.75, 3.05) is 13.2 Å². The van der Waals surface area contributed by atoms with Crippen molar-refractivity contribution < 1.29 is 14.6 Å². The second-order valence-corrected chi connectivity index (χ2v) is 7.37. The molecular formula is C24H32O3. The molecule has 146 valence electrons. The van der Waals surface area contributed by atoms with E-state index in [1.54, 1.807) is 0 Å². The van der Waals surface area contributed by atoms with Gasteiger partial charge in [0.1, 0.15) is 0 Å². The van der Waals surface area contributed by atoms with Gasteiger partial charge in [0.05, 0.1) is 25.4 Å². The molecule has 1 N–H and O–H groups in total. The van der Waals surface area contributed by atoms with Gasteiger partial charge in [0.2, 0.25) is 0 Å². The van der Waals surface area contributed by atoms with Gasteiger partial charge in [-0.1, -0.05) is 72.3 Å². The van der Waals surface area contributed by atoms with Crippen molar-refractivity contribution in [1.29, 1.82) is 0 Å². The smallest absolute Gasteiger partial charge is 0.0891 e. The van der Waals surface area contributed by atoms with E-state index < -0.39 is 0 Å². The third kappa shape index (κ3) is 7.30. The first kappa shape index (κ1) is 21.4. The molecule has 0 heterocycles. The summed E-state index contributed by atoms with van der Waals surface area (Å²) in [5, 5.41) is 10.1. The van der Waals surface area contributed by atoms with Gasteiger partial charge in [-0.25, -0.2) is 0 Å². The minimum Gasteiger partial charge on any atom is -0.396 e. The van der Waals surface area contributed by atoms with Gasteiger partial charge < -0.3 is 14.6 Å². The van der Waals surface area contributed by atoms with Gasteiger partial charge in [-0.15, -0.1) is 0 Å². The van der Waals surface area contributed by atoms with E-state index in [9.17, 15) is 5.11 Å². The molecule has 3 atom stereocenters. The molecule has 0 aliphatic heterocycles. The molecule has 2 aromatic rings. The first-order valence-corrected chi connectivity index (χ1v) is 9.57. The van der Waals surface area contributed by atoms with E-state index in [4.69, 9.17) is 9.47 Å². The molecular weight excluding hydrogens is 336 g/mol. The van der Waals surface area contributed by atoms with E-state index in [1.807, 2.05) is 44.2 Å². The van der Waals surface area contributed by atoms with Crippen LogP contribution < -0.4 is 0 Å². The van der Waals surface area contributed by atoms with Crippen molar-refractivity contribution in [2.45, 2.75) is 46.0 Å². The van der Waals surface area contributed by atoms with E-state index in [2.05, 4.69) is 37.8 Å². The lowest BCUT2D eigenvalue weighted by Crippen LogP contribution is -2.39. The fourth-order valence-corrected chi connectivity index (χ4v) is 3.10. The minimum absolute atomic E-state index is 0.0437. The van der Waals surface area contributed by atoms with Crippen LogP contribution in [0.1, 0.15) is 30.5 Å². The van der Waals surface area contributed by atoms with Crippen LogP contribution in [0.2, 0.25) is 0 Å². The molecule has 0 aromatic heterocycles. The average Bonchev–Trinajstić information content (AvgIpc) is 2.67. The summed E-state index contributed by atoms with van der Waals surface area (Å²) in [4.78, 5) is 0. The van der Waals surface area contributed by atoms with E-state index in [0.29, 0.717) is 13.2 Å². The Balaban J connectivity index is 2.06. The summed E-state index contributed by atoms with van der Waals surface area (Å²) in [7, 11) is 0. The highest BCUT2D eigenvalue weighted by Gasteiger charge is 2.28. The van der Waals surface area contributed by atoms with Gasteiger partial charge in [0.25, 0.3) is 0 Å². The van der Waals surface area contributed by atoms with Crippen molar-refractivity contribution in [3.63, 3.8) is 0 Å². The topological polar surface area (TPSA) is 38.7 Å². The molecule has 0 radical (unpaired) electrons. The molecule has 0 bridgehead atoms. The standard InChI is InChI=1S/C24H32O3/c1-18(2)16-27-24(20(4)26-17-22-8-6-5-7-9-22)23(15-25)14-21-12-10-19(3)11-13-21/h5-13,20,23-25H,1,14-17H2,2-4H3. The zero-order chi connectivity index (χ0) is 19.6. The number of benzene rings is 2. The van der Waals surface area contributed by atoms with Crippen molar-refractivity contribution >= 4 is 0 Å². The number of aliphatic hydroxyl groups is 1. The Labute approximate surface area is 163 Å². The maximum Gasteiger partial charge on any atom is 0.0891 e. The second-order valence-electron chi connectivity index (χ2n) is 7.37. The lowest BCUT2D eigenvalue weighted by molar-refractivity contribution is -0.0981. The van der Waals surface area contributed by atoms with Crippen LogP contribution in [-0.2, 0) is 22.5 Å². The van der Waals surface area contributed by atoms with Gasteiger partial charge in [-0.2, -0.15) is 0 Å². The Bertz CT molecular complexity index is 679. The quantitative estimate of drug-likeness (QED) is 0.584. The third-order valence-electron chi connectivity index (χ3n) is 4.66. The van der Waals surface area contributed by atoms with E-state index in [1.165, 1.54) is 11.1 Å². The molecule has 0 amide bonds. The van der Waals surface area contributed by atoms with Crippen LogP contribution in [-0.4, -0.2) is 30.5 Å². The average molecular weight is 369 g/mol. The van der Waals surface area contributed by atoms with Crippen LogP contribution in [0.4, 0.5) is 0 Å². The Hall–Kier alpha value is -1.94. The second kappa shape index (κ2) is 11.0. The van der Waals surface area contributed by atoms with Crippen LogP contribution in [0.5, 0.6) is 0 Å². The molecule has 3 unspecified atom stereocenters. The monoisotopic (exact) mass is 368 g/mol. The maximum atomic E-state index is 10.1. The summed E-state index contributed by atoms with van der Waals surface area (Å²) in [5.41, 5.74) is 4.51. The number of aryl methyl sites for hydroxylation is 1. The predicted molar refractivity (Wildman–Crippen MR) is 111 cm³/mol. The van der Waals surface area contributed by atoms with E-state index in [-0.39, 0.29) is 24.7 Å². The molecule has 0 aliphatic carbocycles. The molecule has 0 saturated heterocycles. The Morgan fingerprint density at radius 3 is 2.26 bits per heavy atom. The Kier molecular flexibility index (Phi) is 8.73. The van der Waals surface area contributed by atoms with Gasteiger partial charge in [-0.3, -0.25) is 0 Å². The van der Waals surface area contributed by atoms with Gasteiger partial charge >= 0.3 is 0 Å². The summed E-state index contributed by atoms with van der Waals surface area (Å²) in [6.07, 6.45) is 0.389. The lowest BCUT2D eigenvalue weighted by Gasteiger charge is -2.31. The highest BCUT2D eigenvalue weighted by molar-refractivity contribution is 5.22. The molecule has 3 heteroatoms. The van der Waals surface area contributed by atoms with Crippen molar-refractivity contribution in [3.05, 3.63) is 83.4 Å². The molecule has 2 aromatic carbocycles. The van der Waals surface area contributed by atoms with Gasteiger partial charge in [0.15, 0.2) is 0 Å². The first-order valence-electron chi connectivity index (χ1n) is 9.57. The summed E-state index contributed by atoms with van der Waals surface area (Å²) < 4.78 is 12.2. The lowest BCUT2D eigenvalue weighted by atomic mass is 9.91. The minimum atomic E-state index is -0.211. The van der Waals surface area contributed by atoms with E-state index >= 15 is 0 Å². The zero-order valence-corrected chi connectivity index (χ0v) is 16.7. The molecule has 2 rings (SSSR count). The number of rotatable bonds is 11. The molecule has 0 spiro atoms. The fourth-order valence-electron chi connectivity index (χ4n) is 3.10. The molecule has 0 fully saturated rings. The van der Waals surface area contributed by atoms with Crippen LogP contribution >= 0.6 is 0 Å². The molecule has 0 aliphatic rings. The third-order valence-corrected chi connectivity index (χ3v) is 4.66. The fraction of sp³-hybridized carbons (Fsp3) is 0.417. The van der Waals surface area contributed by atoms with E-state index in [0.717, 1.165) is 17.6 Å². The summed E-state index contributed by atoms with van der Waals surface area (Å²) in [6.45, 7) is 11.0. The van der Waals surface area contributed by atoms with Gasteiger partial charge in [0, 0.05) is 12.5 Å². The van der Waals surface area contributed by atoms with Crippen molar-refractivity contribution in [3.8, 4) is 0 Å². The highest BCUT2D eigenvalue weighted by atomic mass is 16.5. The molecule has 27 heavy (non-hydrogen) atoms. The number of hydrogen-bond acceptors (Lipinski definition) is 3. The summed E-state index contributed by atoms with van der Waals surface area (Å²) in [6, 6.07) is 18.5. The summed E-state index contributed by atoms with van der Waals surface area (Å²) >= 11 is 0. The molecule has 0 saturated carbocycles. The maximum absolute atomic E-state index is 10.1. The van der Waals surface area contributed by atoms with Crippen LogP contribution in [0.15, 0.2) is 66.7 Å². The zero-order valence-electron chi connectivity index (χ0n) is 16.7. The van der Waals surface area contributed by atoms with Crippen molar-refractivity contribution in [2.24, 2.45) is 5.92 Å². The number of ether oxygens (including phenoxy) is 2. The first-order chi connectivity index (χ1) is 13.0. The van der Waals surface area contributed by atoms with Crippen LogP contribution in [0.3, 0.4) is 0 Å². The normalized spacial score (nSPS) is 14.5. The summed E-state index contributed by atoms with van der Waals surface area (Å²) in [5.74, 6) is -0.0437. The van der Waals surface area contributed by atoms with Crippen molar-refractivity contribution in [1.82, 2.24) is 0 Å². The van der Waals surface area contributed by atoms with Crippen LogP contribution in [0, 0.1) is 12.8 Å². The molecule has 3 nitrogen and oxygen atoms in total. The van der Waals surface area contributed by atoms with Crippen LogP contribution in [0.25, 0.3) is 0 Å². The van der Waals surface area contributed by atoms with Gasteiger partial charge in [-0.05, 0) is 38.3 Å². The predicted octanol–water partition coefficient (Wildman–Crippen LogP) is 4.71. The Morgan fingerprint density at radius 1 is 1.00 bits per heavy atom. The SMILES string of the molecule is C=C(C)COC(C(CO)Cc1ccc(C)cc1)C(C)OCc1ccccc1. The Morgan fingerprint density at radius 2 is 1.67 bits per heavy atom. The number of aliphatic hydroxyl groups excluding tert-OH is 1. The highest BCUT2D eigenvalue weighted by Crippen LogP contribution is 2.21. The largest absolute Gasteiger partial charge is 0.396 e.